The summed E-state index contributed by atoms with van der Waals surface area (Å²) in [5.41, 5.74) is 12.9. The Kier molecular flexibility index (Phi) is 7.68. The Morgan fingerprint density at radius 2 is 1.12 bits per heavy atom. The molecule has 0 fully saturated rings. The smallest absolute Gasteiger partial charge is 0.0852 e. The minimum Gasteiger partial charge on any atom is -0.312 e. The molecule has 6 heteroatoms. The molecule has 3 nitrogen and oxygen atoms in total. The molecule has 4 N–H and O–H groups in total. The highest BCUT2D eigenvalue weighted by atomic mass is 32.1. The molecule has 0 radical (unpaired) electrons. The van der Waals surface area contributed by atoms with Crippen LogP contribution in [0.1, 0.15) is 29.0 Å². The second kappa shape index (κ2) is 12.7. The first-order valence-corrected chi connectivity index (χ1v) is 19.7. The van der Waals surface area contributed by atoms with Crippen LogP contribution in [0.4, 0.5) is 0 Å². The average molecular weight is 712 g/mol. The molecule has 0 spiro atoms. The van der Waals surface area contributed by atoms with Gasteiger partial charge >= 0.3 is 0 Å². The molecule has 0 aliphatic heterocycles. The molecular formula is C45H33N3S3. The van der Waals surface area contributed by atoms with E-state index in [1.165, 1.54) is 77.2 Å². The van der Waals surface area contributed by atoms with E-state index in [1.54, 1.807) is 0 Å². The van der Waals surface area contributed by atoms with E-state index >= 15 is 0 Å². The molecule has 0 amide bonds. The molecule has 0 aliphatic carbocycles. The van der Waals surface area contributed by atoms with Crippen molar-refractivity contribution in [3.8, 4) is 11.1 Å². The van der Waals surface area contributed by atoms with Crippen molar-refractivity contribution >= 4 is 94.5 Å². The van der Waals surface area contributed by atoms with Crippen LogP contribution in [0.15, 0.2) is 152 Å². The van der Waals surface area contributed by atoms with Gasteiger partial charge < -0.3 is 5.73 Å². The van der Waals surface area contributed by atoms with Crippen molar-refractivity contribution < 1.29 is 0 Å². The maximum atomic E-state index is 6.87. The van der Waals surface area contributed by atoms with Crippen molar-refractivity contribution in [2.75, 3.05) is 0 Å². The summed E-state index contributed by atoms with van der Waals surface area (Å²) in [5.74, 6) is 0. The van der Waals surface area contributed by atoms with Gasteiger partial charge in [0.05, 0.1) is 12.3 Å². The van der Waals surface area contributed by atoms with Gasteiger partial charge in [-0.3, -0.25) is 10.6 Å². The van der Waals surface area contributed by atoms with Crippen LogP contribution in [0.3, 0.4) is 0 Å². The molecule has 0 bridgehead atoms. The third kappa shape index (κ3) is 5.52. The van der Waals surface area contributed by atoms with Gasteiger partial charge in [0, 0.05) is 67.1 Å². The van der Waals surface area contributed by atoms with Gasteiger partial charge in [0.25, 0.3) is 0 Å². The third-order valence-electron chi connectivity index (χ3n) is 10.0. The minimum atomic E-state index is -0.338. The Hall–Kier alpha value is -4.92. The molecule has 2 unspecified atom stereocenters. The number of hydrogen-bond donors (Lipinski definition) is 3. The van der Waals surface area contributed by atoms with Crippen LogP contribution >= 0.6 is 34.0 Å². The van der Waals surface area contributed by atoms with Crippen LogP contribution in [-0.2, 0) is 6.54 Å². The molecule has 2 atom stereocenters. The zero-order chi connectivity index (χ0) is 33.9. The number of fused-ring (bicyclic) bond motifs is 9. The fourth-order valence-corrected chi connectivity index (χ4v) is 11.0. The van der Waals surface area contributed by atoms with E-state index in [2.05, 4.69) is 162 Å². The van der Waals surface area contributed by atoms with Gasteiger partial charge in [0.1, 0.15) is 0 Å². The highest BCUT2D eigenvalue weighted by Gasteiger charge is 2.18. The Morgan fingerprint density at radius 1 is 0.471 bits per heavy atom. The van der Waals surface area contributed by atoms with Gasteiger partial charge in [0.2, 0.25) is 0 Å². The zero-order valence-electron chi connectivity index (χ0n) is 27.6. The summed E-state index contributed by atoms with van der Waals surface area (Å²) in [5, 5.41) is 15.4. The van der Waals surface area contributed by atoms with Gasteiger partial charge in [0.15, 0.2) is 0 Å². The topological polar surface area (TPSA) is 50.1 Å². The van der Waals surface area contributed by atoms with Crippen LogP contribution in [0.5, 0.6) is 0 Å². The van der Waals surface area contributed by atoms with Gasteiger partial charge in [-0.15, -0.1) is 34.0 Å². The summed E-state index contributed by atoms with van der Waals surface area (Å²) in [6.45, 7) is 0.706. The van der Waals surface area contributed by atoms with Crippen LogP contribution in [0.2, 0.25) is 0 Å². The number of rotatable bonds is 8. The van der Waals surface area contributed by atoms with Crippen molar-refractivity contribution in [1.29, 1.82) is 0 Å². The number of hydrogen-bond acceptors (Lipinski definition) is 6. The first-order chi connectivity index (χ1) is 25.2. The largest absolute Gasteiger partial charge is 0.312 e. The summed E-state index contributed by atoms with van der Waals surface area (Å²) in [6, 6.07) is 55.0. The molecule has 10 rings (SSSR count). The molecule has 0 saturated carbocycles. The lowest BCUT2D eigenvalue weighted by Crippen LogP contribution is -2.39. The van der Waals surface area contributed by atoms with E-state index < -0.39 is 0 Å². The number of nitrogens with one attached hydrogen (secondary N) is 2. The standard InChI is InChI=1S/C45H33N3S3/c46-44(30-18-21-34-32-11-4-6-15-38(32)49-42(34)25-30)48-45(28-9-2-1-3-10-28)47-26-27-17-20-35-37-24-29(19-22-40(37)50-41(35)23-27)31-13-8-14-36-33-12-5-7-16-39(33)51-43(31)36/h1-25,44-45,47-48H,26,46H2. The second-order valence-corrected chi connectivity index (χ2v) is 16.4. The van der Waals surface area contributed by atoms with Crippen molar-refractivity contribution in [3.05, 3.63) is 168 Å². The van der Waals surface area contributed by atoms with Gasteiger partial charge in [-0.2, -0.15) is 0 Å². The Labute approximate surface area is 307 Å². The lowest BCUT2D eigenvalue weighted by atomic mass is 10.0. The fourth-order valence-electron chi connectivity index (χ4n) is 7.42. The zero-order valence-corrected chi connectivity index (χ0v) is 30.0. The second-order valence-electron chi connectivity index (χ2n) is 13.1. The average Bonchev–Trinajstić information content (AvgIpc) is 3.87. The first kappa shape index (κ1) is 30.9. The van der Waals surface area contributed by atoms with Gasteiger partial charge in [-0.1, -0.05) is 115 Å². The van der Waals surface area contributed by atoms with Crippen LogP contribution in [0, 0.1) is 0 Å². The normalized spacial score (nSPS) is 13.3. The predicted molar refractivity (Wildman–Crippen MR) is 223 cm³/mol. The molecule has 7 aromatic carbocycles. The van der Waals surface area contributed by atoms with Crippen LogP contribution in [-0.4, -0.2) is 0 Å². The Balaban J connectivity index is 0.926. The highest BCUT2D eigenvalue weighted by molar-refractivity contribution is 7.27. The molecule has 10 aromatic rings. The summed E-state index contributed by atoms with van der Waals surface area (Å²) >= 11 is 5.58. The fraction of sp³-hybridized carbons (Fsp3) is 0.0667. The number of thiophene rings is 3. The van der Waals surface area contributed by atoms with E-state index in [1.807, 2.05) is 34.0 Å². The highest BCUT2D eigenvalue weighted by Crippen LogP contribution is 2.42. The van der Waals surface area contributed by atoms with Gasteiger partial charge in [-0.05, 0) is 64.2 Å². The van der Waals surface area contributed by atoms with Crippen molar-refractivity contribution in [2.45, 2.75) is 18.9 Å². The molecule has 51 heavy (non-hydrogen) atoms. The Morgan fingerprint density at radius 3 is 1.96 bits per heavy atom. The number of nitrogens with two attached hydrogens (primary N) is 1. The third-order valence-corrected chi connectivity index (χ3v) is 13.5. The van der Waals surface area contributed by atoms with Crippen molar-refractivity contribution in [2.24, 2.45) is 5.73 Å². The molecular weight excluding hydrogens is 679 g/mol. The SMILES string of the molecule is NC(NC(NCc1ccc2c(c1)sc1ccc(-c3cccc4c3sc3ccccc34)cc12)c1ccccc1)c1ccc2c(c1)sc1ccccc12. The van der Waals surface area contributed by atoms with Crippen molar-refractivity contribution in [1.82, 2.24) is 10.6 Å². The lowest BCUT2D eigenvalue weighted by Gasteiger charge is -2.25. The first-order valence-electron chi connectivity index (χ1n) is 17.2. The predicted octanol–water partition coefficient (Wildman–Crippen LogP) is 12.5. The van der Waals surface area contributed by atoms with Crippen LogP contribution < -0.4 is 16.4 Å². The van der Waals surface area contributed by atoms with Crippen LogP contribution in [0.25, 0.3) is 71.6 Å². The summed E-state index contributed by atoms with van der Waals surface area (Å²) in [6.07, 6.45) is -0.466. The maximum absolute atomic E-state index is 6.87. The van der Waals surface area contributed by atoms with E-state index in [9.17, 15) is 0 Å². The lowest BCUT2D eigenvalue weighted by molar-refractivity contribution is 0.386. The summed E-state index contributed by atoms with van der Waals surface area (Å²) < 4.78 is 7.87. The van der Waals surface area contributed by atoms with Crippen molar-refractivity contribution in [3.63, 3.8) is 0 Å². The summed E-state index contributed by atoms with van der Waals surface area (Å²) in [7, 11) is 0. The van der Waals surface area contributed by atoms with E-state index in [4.69, 9.17) is 5.73 Å². The molecule has 0 saturated heterocycles. The molecule has 0 aliphatic rings. The quantitative estimate of drug-likeness (QED) is 0.138. The maximum Gasteiger partial charge on any atom is 0.0852 e. The van der Waals surface area contributed by atoms with E-state index in [0.717, 1.165) is 11.1 Å². The monoisotopic (exact) mass is 711 g/mol. The molecule has 3 aromatic heterocycles. The Bertz CT molecular complexity index is 2880. The summed E-state index contributed by atoms with van der Waals surface area (Å²) in [4.78, 5) is 0. The number of benzene rings is 7. The molecule has 246 valence electrons. The van der Waals surface area contributed by atoms with E-state index in [0.29, 0.717) is 6.54 Å². The minimum absolute atomic E-state index is 0.128. The van der Waals surface area contributed by atoms with E-state index in [-0.39, 0.29) is 12.3 Å². The molecule has 3 heterocycles. The van der Waals surface area contributed by atoms with Gasteiger partial charge in [-0.25, -0.2) is 0 Å².